The average molecular weight is 452 g/mol. The highest BCUT2D eigenvalue weighted by Crippen LogP contribution is 2.29. The number of hydrogen-bond donors (Lipinski definition) is 1. The van der Waals surface area contributed by atoms with E-state index in [0.29, 0.717) is 19.1 Å². The second kappa shape index (κ2) is 10.1. The average Bonchev–Trinajstić information content (AvgIpc) is 3.50. The Balaban J connectivity index is 1.37. The summed E-state index contributed by atoms with van der Waals surface area (Å²) in [6.45, 7) is 8.44. The van der Waals surface area contributed by atoms with E-state index in [4.69, 9.17) is 4.74 Å². The number of nitrogens with one attached hydrogen (secondary N) is 1. The Morgan fingerprint density at radius 1 is 1.15 bits per heavy atom. The maximum Gasteiger partial charge on any atom is 0.252 e. The minimum Gasteiger partial charge on any atom is -0.379 e. The molecule has 0 radical (unpaired) electrons. The molecular weight excluding hydrogens is 418 g/mol. The molecule has 2 fully saturated rings. The molecule has 5 rings (SSSR count). The highest BCUT2D eigenvalue weighted by Gasteiger charge is 2.23. The second-order valence-corrected chi connectivity index (χ2v) is 9.36. The summed E-state index contributed by atoms with van der Waals surface area (Å²) in [5.74, 6) is 0.886. The number of morpholine rings is 1. The lowest BCUT2D eigenvalue weighted by molar-refractivity contribution is 0.0322. The van der Waals surface area contributed by atoms with E-state index < -0.39 is 0 Å². The van der Waals surface area contributed by atoms with Crippen LogP contribution in [0, 0.1) is 6.92 Å². The molecule has 1 aliphatic heterocycles. The zero-order valence-corrected chi connectivity index (χ0v) is 19.4. The quantitative estimate of drug-likeness (QED) is 0.562. The summed E-state index contributed by atoms with van der Waals surface area (Å²) in [7, 11) is 0. The van der Waals surface area contributed by atoms with Gasteiger partial charge in [0.25, 0.3) is 5.56 Å². The van der Waals surface area contributed by atoms with Gasteiger partial charge in [0.05, 0.1) is 25.8 Å². The van der Waals surface area contributed by atoms with E-state index in [-0.39, 0.29) is 5.56 Å². The first-order valence-corrected chi connectivity index (χ1v) is 12.1. The zero-order chi connectivity index (χ0) is 22.6. The van der Waals surface area contributed by atoms with Crippen molar-refractivity contribution in [1.82, 2.24) is 35.0 Å². The second-order valence-electron chi connectivity index (χ2n) is 9.36. The van der Waals surface area contributed by atoms with E-state index >= 15 is 0 Å². The first-order chi connectivity index (χ1) is 16.2. The monoisotopic (exact) mass is 451 g/mol. The molecule has 2 aliphatic rings. The standard InChI is InChI=1S/C24H33N7O2/c1-18-6-7-19-15-20(24(32)25-22(19)14-18)16-30(9-8-29-10-12-33-13-11-29)17-23-26-27-28-31(23)21-4-2-3-5-21/h6-7,14-15,21H,2-5,8-13,16-17H2,1H3,(H,25,32). The largest absolute Gasteiger partial charge is 0.379 e. The molecule has 33 heavy (non-hydrogen) atoms. The SMILES string of the molecule is Cc1ccc2cc(CN(CCN3CCOCC3)Cc3nnnn3C3CCCC3)c(=O)[nH]c2c1. The lowest BCUT2D eigenvalue weighted by Gasteiger charge is -2.30. The maximum absolute atomic E-state index is 12.9. The van der Waals surface area contributed by atoms with Gasteiger partial charge in [-0.1, -0.05) is 25.0 Å². The van der Waals surface area contributed by atoms with Gasteiger partial charge in [-0.25, -0.2) is 4.68 Å². The Labute approximate surface area is 193 Å². The molecule has 0 bridgehead atoms. The van der Waals surface area contributed by atoms with Crippen LogP contribution in [0.5, 0.6) is 0 Å². The normalized spacial score (nSPS) is 18.0. The number of H-pyrrole nitrogens is 1. The summed E-state index contributed by atoms with van der Waals surface area (Å²) < 4.78 is 7.51. The van der Waals surface area contributed by atoms with Crippen molar-refractivity contribution >= 4 is 10.9 Å². The summed E-state index contributed by atoms with van der Waals surface area (Å²) in [5, 5.41) is 13.7. The smallest absolute Gasteiger partial charge is 0.252 e. The number of pyridine rings is 1. The van der Waals surface area contributed by atoms with Gasteiger partial charge in [0, 0.05) is 43.8 Å². The van der Waals surface area contributed by atoms with E-state index in [0.717, 1.165) is 80.1 Å². The number of ether oxygens (including phenoxy) is 1. The fourth-order valence-electron chi connectivity index (χ4n) is 4.99. The summed E-state index contributed by atoms with van der Waals surface area (Å²) in [5.41, 5.74) is 2.76. The lowest BCUT2D eigenvalue weighted by Crippen LogP contribution is -2.41. The number of tetrazole rings is 1. The number of rotatable bonds is 8. The highest BCUT2D eigenvalue weighted by molar-refractivity contribution is 5.79. The number of aromatic amines is 1. The molecule has 2 aromatic heterocycles. The van der Waals surface area contributed by atoms with Crippen LogP contribution in [0.3, 0.4) is 0 Å². The van der Waals surface area contributed by atoms with Crippen molar-refractivity contribution in [2.75, 3.05) is 39.4 Å². The molecule has 1 saturated carbocycles. The molecule has 3 aromatic rings. The predicted molar refractivity (Wildman–Crippen MR) is 126 cm³/mol. The van der Waals surface area contributed by atoms with Gasteiger partial charge in [-0.05, 0) is 53.3 Å². The summed E-state index contributed by atoms with van der Waals surface area (Å²) in [6, 6.07) is 8.59. The van der Waals surface area contributed by atoms with Crippen LogP contribution >= 0.6 is 0 Å². The van der Waals surface area contributed by atoms with Gasteiger partial charge in [0.15, 0.2) is 5.82 Å². The van der Waals surface area contributed by atoms with E-state index in [9.17, 15) is 4.79 Å². The van der Waals surface area contributed by atoms with Gasteiger partial charge >= 0.3 is 0 Å². The van der Waals surface area contributed by atoms with Crippen LogP contribution in [-0.2, 0) is 17.8 Å². The molecule has 0 spiro atoms. The summed E-state index contributed by atoms with van der Waals surface area (Å²) in [4.78, 5) is 20.7. The Hall–Kier alpha value is -2.62. The van der Waals surface area contributed by atoms with Crippen LogP contribution < -0.4 is 5.56 Å². The van der Waals surface area contributed by atoms with Crippen LogP contribution in [0.15, 0.2) is 29.1 Å². The van der Waals surface area contributed by atoms with E-state index in [1.807, 2.05) is 23.7 Å². The molecule has 9 heteroatoms. The zero-order valence-electron chi connectivity index (χ0n) is 19.4. The molecule has 1 aliphatic carbocycles. The summed E-state index contributed by atoms with van der Waals surface area (Å²) in [6.07, 6.45) is 4.73. The van der Waals surface area contributed by atoms with Gasteiger partial charge in [-0.2, -0.15) is 0 Å². The number of benzene rings is 1. The molecule has 9 nitrogen and oxygen atoms in total. The van der Waals surface area contributed by atoms with Gasteiger partial charge in [0.2, 0.25) is 0 Å². The molecule has 0 amide bonds. The topological polar surface area (TPSA) is 92.2 Å². The summed E-state index contributed by atoms with van der Waals surface area (Å²) >= 11 is 0. The van der Waals surface area contributed by atoms with Crippen molar-refractivity contribution < 1.29 is 4.74 Å². The van der Waals surface area contributed by atoms with Crippen LogP contribution in [0.1, 0.15) is 48.7 Å². The highest BCUT2D eigenvalue weighted by atomic mass is 16.5. The van der Waals surface area contributed by atoms with Crippen molar-refractivity contribution in [3.8, 4) is 0 Å². The van der Waals surface area contributed by atoms with Crippen molar-refractivity contribution in [3.63, 3.8) is 0 Å². The van der Waals surface area contributed by atoms with Crippen molar-refractivity contribution in [3.05, 3.63) is 51.6 Å². The molecule has 1 saturated heterocycles. The first kappa shape index (κ1) is 22.2. The Kier molecular flexibility index (Phi) is 6.80. The number of aromatic nitrogens is 5. The van der Waals surface area contributed by atoms with Gasteiger partial charge in [-0.3, -0.25) is 14.6 Å². The molecule has 1 N–H and O–H groups in total. The Morgan fingerprint density at radius 2 is 1.97 bits per heavy atom. The minimum absolute atomic E-state index is 0.0279. The van der Waals surface area contributed by atoms with E-state index in [1.165, 1.54) is 12.8 Å². The first-order valence-electron chi connectivity index (χ1n) is 12.1. The van der Waals surface area contributed by atoms with Gasteiger partial charge in [-0.15, -0.1) is 5.10 Å². The third-order valence-corrected chi connectivity index (χ3v) is 6.91. The van der Waals surface area contributed by atoms with Crippen LogP contribution in [0.4, 0.5) is 0 Å². The van der Waals surface area contributed by atoms with Crippen LogP contribution in [-0.4, -0.2) is 74.4 Å². The van der Waals surface area contributed by atoms with Crippen molar-refractivity contribution in [1.29, 1.82) is 0 Å². The fourth-order valence-corrected chi connectivity index (χ4v) is 4.99. The number of hydrogen-bond acceptors (Lipinski definition) is 7. The molecule has 0 unspecified atom stereocenters. The van der Waals surface area contributed by atoms with Crippen LogP contribution in [0.2, 0.25) is 0 Å². The van der Waals surface area contributed by atoms with Crippen molar-refractivity contribution in [2.45, 2.75) is 51.7 Å². The number of fused-ring (bicyclic) bond motifs is 1. The third-order valence-electron chi connectivity index (χ3n) is 6.91. The molecule has 0 atom stereocenters. The minimum atomic E-state index is -0.0279. The molecule has 1 aromatic carbocycles. The van der Waals surface area contributed by atoms with Gasteiger partial charge < -0.3 is 9.72 Å². The van der Waals surface area contributed by atoms with Gasteiger partial charge in [0.1, 0.15) is 0 Å². The van der Waals surface area contributed by atoms with E-state index in [2.05, 4.69) is 42.4 Å². The molecule has 176 valence electrons. The third kappa shape index (κ3) is 5.31. The Bertz CT molecular complexity index is 1130. The fraction of sp³-hybridized carbons (Fsp3) is 0.583. The number of aryl methyl sites for hydroxylation is 1. The molecular formula is C24H33N7O2. The molecule has 3 heterocycles. The lowest BCUT2D eigenvalue weighted by atomic mass is 10.1. The maximum atomic E-state index is 12.9. The van der Waals surface area contributed by atoms with E-state index in [1.54, 1.807) is 0 Å². The Morgan fingerprint density at radius 3 is 2.79 bits per heavy atom. The number of nitrogens with zero attached hydrogens (tertiary/aromatic N) is 6. The predicted octanol–water partition coefficient (Wildman–Crippen LogP) is 2.27. The van der Waals surface area contributed by atoms with Crippen molar-refractivity contribution in [2.24, 2.45) is 0 Å². The van der Waals surface area contributed by atoms with Crippen LogP contribution in [0.25, 0.3) is 10.9 Å².